The van der Waals surface area contributed by atoms with Crippen LogP contribution in [0, 0.1) is 0 Å². The number of rotatable bonds is 0. The van der Waals surface area contributed by atoms with Crippen LogP contribution in [0.25, 0.3) is 0 Å². The zero-order valence-corrected chi connectivity index (χ0v) is 3.93. The fourth-order valence-electron chi connectivity index (χ4n) is 0. The van der Waals surface area contributed by atoms with Gasteiger partial charge in [0.1, 0.15) is 0 Å². The molecule has 0 unspecified atom stereocenters. The predicted molar refractivity (Wildman–Crippen MR) is 18.5 cm³/mol. The highest BCUT2D eigenvalue weighted by Crippen LogP contribution is 1.79. The van der Waals surface area contributed by atoms with Gasteiger partial charge in [-0.2, -0.15) is 0 Å². The van der Waals surface area contributed by atoms with E-state index in [-0.39, 0.29) is 6.15 Å². The molecular weight excluding hydrogens is 109 g/mol. The van der Waals surface area contributed by atoms with Crippen LogP contribution in [-0.4, -0.2) is 23.5 Å². The fourth-order valence-corrected chi connectivity index (χ4v) is 0. The normalized spacial score (nSPS) is 10.0. The van der Waals surface area contributed by atoms with E-state index in [0.29, 0.717) is 0 Å². The maximum atomic E-state index is 10.5. The van der Waals surface area contributed by atoms with Gasteiger partial charge in [-0.15, -0.1) is 0 Å². The number of hydrogen-bond acceptors (Lipinski definition) is 4. The second-order valence-corrected chi connectivity index (χ2v) is 1.66. The average molecular weight is 115 g/mol. The van der Waals surface area contributed by atoms with E-state index in [9.17, 15) is 4.11 Å². The van der Waals surface area contributed by atoms with E-state index in [1.807, 2.05) is 0 Å². The Hall–Kier alpha value is -0.0131. The molecule has 4 nitrogen and oxygen atoms in total. The third-order valence-electron chi connectivity index (χ3n) is 0. The average Bonchev–Trinajstić information content (AvgIpc) is 0.722. The number of hydrogen-bond donors (Lipinski definition) is 4. The monoisotopic (exact) mass is 115 g/mol. The highest BCUT2D eigenvalue weighted by molar-refractivity contribution is 6.47. The highest BCUT2D eigenvalue weighted by atomic mass is 28.4. The van der Waals surface area contributed by atoms with Crippen LogP contribution in [0.4, 0.5) is 4.11 Å². The van der Waals surface area contributed by atoms with Gasteiger partial charge in [-0.1, -0.05) is 0 Å². The van der Waals surface area contributed by atoms with E-state index in [4.69, 9.17) is 14.4 Å². The van der Waals surface area contributed by atoms with E-state index < -0.39 is 9.14 Å². The molecule has 0 aromatic rings. The first kappa shape index (κ1) is 9.37. The van der Waals surface area contributed by atoms with Crippen molar-refractivity contribution in [3.63, 3.8) is 0 Å². The van der Waals surface area contributed by atoms with Crippen molar-refractivity contribution in [1.82, 2.24) is 6.15 Å². The molecule has 0 amide bonds. The molecule has 0 aliphatic heterocycles. The maximum Gasteiger partial charge on any atom is 0.711 e. The third kappa shape index (κ3) is 207000. The summed E-state index contributed by atoms with van der Waals surface area (Å²) in [7, 11) is -5.11. The smallest absolute Gasteiger partial charge is 0.365 e. The topological polar surface area (TPSA) is 95.7 Å². The highest BCUT2D eigenvalue weighted by Gasteiger charge is 2.26. The SMILES string of the molecule is N.O[Si](O)(O)F. The molecule has 0 heterocycles. The Balaban J connectivity index is 0. The Bertz CT molecular complexity index is 26.3. The summed E-state index contributed by atoms with van der Waals surface area (Å²) in [6, 6.07) is 0. The van der Waals surface area contributed by atoms with Gasteiger partial charge in [-0.05, 0) is 0 Å². The summed E-state index contributed by atoms with van der Waals surface area (Å²) < 4.78 is 10.5. The molecule has 0 fully saturated rings. The summed E-state index contributed by atoms with van der Waals surface area (Å²) in [5, 5.41) is 0. The largest absolute Gasteiger partial charge is 0.711 e. The van der Waals surface area contributed by atoms with Crippen LogP contribution in [0.2, 0.25) is 0 Å². The molecule has 0 radical (unpaired) electrons. The van der Waals surface area contributed by atoms with Crippen molar-refractivity contribution in [3.05, 3.63) is 0 Å². The van der Waals surface area contributed by atoms with Gasteiger partial charge in [-0.25, -0.2) is 4.11 Å². The molecular formula is H6FNO3Si. The Morgan fingerprint density at radius 3 is 1.17 bits per heavy atom. The van der Waals surface area contributed by atoms with Crippen LogP contribution in [-0.2, 0) is 0 Å². The minimum atomic E-state index is -5.11. The van der Waals surface area contributed by atoms with Gasteiger partial charge in [-0.3, -0.25) is 0 Å². The summed E-state index contributed by atoms with van der Waals surface area (Å²) in [5.41, 5.74) is 0. The molecule has 0 aliphatic carbocycles. The van der Waals surface area contributed by atoms with Crippen molar-refractivity contribution < 1.29 is 18.5 Å². The van der Waals surface area contributed by atoms with Gasteiger partial charge < -0.3 is 20.5 Å². The first-order valence-corrected chi connectivity index (χ1v) is 2.58. The van der Waals surface area contributed by atoms with Crippen LogP contribution < -0.4 is 6.15 Å². The Kier molecular flexibility index (Phi) is 3.45. The number of halogens is 1. The van der Waals surface area contributed by atoms with Crippen molar-refractivity contribution in [2.24, 2.45) is 0 Å². The van der Waals surface area contributed by atoms with Crippen LogP contribution >= 0.6 is 0 Å². The first-order chi connectivity index (χ1) is 2.00. The molecule has 0 atom stereocenters. The molecule has 0 rings (SSSR count). The van der Waals surface area contributed by atoms with E-state index in [2.05, 4.69) is 0 Å². The van der Waals surface area contributed by atoms with Crippen LogP contribution in [0.3, 0.4) is 0 Å². The molecule has 0 saturated heterocycles. The predicted octanol–water partition coefficient (Wildman–Crippen LogP) is -1.47. The summed E-state index contributed by atoms with van der Waals surface area (Å²) in [4.78, 5) is 21.3. The van der Waals surface area contributed by atoms with Crippen molar-refractivity contribution in [3.8, 4) is 0 Å². The summed E-state index contributed by atoms with van der Waals surface area (Å²) in [5.74, 6) is 0. The van der Waals surface area contributed by atoms with Gasteiger partial charge >= 0.3 is 9.14 Å². The lowest BCUT2D eigenvalue weighted by atomic mass is 14.0. The second kappa shape index (κ2) is 2.21. The lowest BCUT2D eigenvalue weighted by molar-refractivity contribution is 0.165. The van der Waals surface area contributed by atoms with Gasteiger partial charge in [0.05, 0.1) is 0 Å². The third-order valence-corrected chi connectivity index (χ3v) is 0. The molecule has 40 valence electrons. The van der Waals surface area contributed by atoms with Crippen molar-refractivity contribution in [2.75, 3.05) is 0 Å². The zero-order valence-electron chi connectivity index (χ0n) is 2.93. The van der Waals surface area contributed by atoms with Crippen LogP contribution in [0.15, 0.2) is 0 Å². The van der Waals surface area contributed by atoms with Gasteiger partial charge in [0.2, 0.25) is 0 Å². The van der Waals surface area contributed by atoms with E-state index in [1.165, 1.54) is 0 Å². The van der Waals surface area contributed by atoms with Crippen LogP contribution in [0.1, 0.15) is 0 Å². The Labute approximate surface area is 35.0 Å². The zero-order chi connectivity index (χ0) is 4.50. The molecule has 6 heteroatoms. The van der Waals surface area contributed by atoms with Gasteiger partial charge in [0.25, 0.3) is 0 Å². The summed E-state index contributed by atoms with van der Waals surface area (Å²) in [6.07, 6.45) is 0. The van der Waals surface area contributed by atoms with Gasteiger partial charge in [0, 0.05) is 0 Å². The van der Waals surface area contributed by atoms with Crippen LogP contribution in [0.5, 0.6) is 0 Å². The molecule has 0 aliphatic rings. The van der Waals surface area contributed by atoms with Crippen molar-refractivity contribution in [1.29, 1.82) is 0 Å². The van der Waals surface area contributed by atoms with E-state index in [1.54, 1.807) is 0 Å². The standard InChI is InChI=1S/FH3O3Si.H3N/c1-5(2,3)4;/h2-4H;1H3. The van der Waals surface area contributed by atoms with Crippen molar-refractivity contribution in [2.45, 2.75) is 0 Å². The lowest BCUT2D eigenvalue weighted by Gasteiger charge is -1.87. The second-order valence-electron chi connectivity index (χ2n) is 0.554. The molecule has 0 spiro atoms. The minimum absolute atomic E-state index is 0. The maximum absolute atomic E-state index is 10.5. The van der Waals surface area contributed by atoms with E-state index >= 15 is 0 Å². The summed E-state index contributed by atoms with van der Waals surface area (Å²) in [6.45, 7) is 0. The molecule has 6 heavy (non-hydrogen) atoms. The molecule has 0 bridgehead atoms. The minimum Gasteiger partial charge on any atom is -0.365 e. The van der Waals surface area contributed by atoms with Crippen molar-refractivity contribution >= 4 is 9.14 Å². The molecule has 0 saturated carbocycles. The summed E-state index contributed by atoms with van der Waals surface area (Å²) >= 11 is 0. The van der Waals surface area contributed by atoms with E-state index in [0.717, 1.165) is 0 Å². The molecule has 0 aromatic carbocycles. The first-order valence-electron chi connectivity index (χ1n) is 0.860. The lowest BCUT2D eigenvalue weighted by Crippen LogP contribution is -2.27. The molecule has 0 aromatic heterocycles. The quantitative estimate of drug-likeness (QED) is 0.229. The van der Waals surface area contributed by atoms with Gasteiger partial charge in [0.15, 0.2) is 0 Å². The fraction of sp³-hybridized carbons (Fsp3) is 0. The molecule has 6 N–H and O–H groups in total. The Morgan fingerprint density at radius 1 is 1.17 bits per heavy atom. The Morgan fingerprint density at radius 2 is 1.17 bits per heavy atom.